The third-order valence-electron chi connectivity index (χ3n) is 5.88. The number of amides is 1. The van der Waals surface area contributed by atoms with Crippen molar-refractivity contribution in [1.82, 2.24) is 9.97 Å². The first kappa shape index (κ1) is 18.6. The minimum absolute atomic E-state index is 0.200. The highest BCUT2D eigenvalue weighted by Crippen LogP contribution is 2.32. The summed E-state index contributed by atoms with van der Waals surface area (Å²) in [4.78, 5) is 26.0. The fourth-order valence-electron chi connectivity index (χ4n) is 4.23. The first-order chi connectivity index (χ1) is 14.8. The van der Waals surface area contributed by atoms with Gasteiger partial charge in [0.05, 0.1) is 5.56 Å². The Hall–Kier alpha value is -3.41. The molecule has 3 heterocycles. The van der Waals surface area contributed by atoms with Crippen molar-refractivity contribution in [2.45, 2.75) is 25.7 Å². The Morgan fingerprint density at radius 1 is 0.867 bits per heavy atom. The second-order valence-electron chi connectivity index (χ2n) is 7.85. The topological polar surface area (TPSA) is 61.4 Å². The maximum atomic E-state index is 12.6. The molecule has 0 atom stereocenters. The summed E-state index contributed by atoms with van der Waals surface area (Å²) >= 11 is 0. The normalized spacial score (nSPS) is 15.7. The minimum Gasteiger partial charge on any atom is -0.372 e. The van der Waals surface area contributed by atoms with Crippen LogP contribution in [0.15, 0.2) is 60.9 Å². The monoisotopic (exact) mass is 399 g/mol. The van der Waals surface area contributed by atoms with E-state index in [1.165, 1.54) is 30.5 Å². The molecule has 1 saturated heterocycles. The molecule has 0 spiro atoms. The molecule has 0 saturated carbocycles. The summed E-state index contributed by atoms with van der Waals surface area (Å²) < 4.78 is 0. The van der Waals surface area contributed by atoms with Gasteiger partial charge in [-0.3, -0.25) is 4.79 Å². The largest absolute Gasteiger partial charge is 0.372 e. The molecule has 2 aromatic carbocycles. The van der Waals surface area contributed by atoms with Crippen LogP contribution in [-0.4, -0.2) is 35.5 Å². The van der Waals surface area contributed by atoms with E-state index in [9.17, 15) is 4.79 Å². The van der Waals surface area contributed by atoms with Gasteiger partial charge in [-0.1, -0.05) is 18.2 Å². The van der Waals surface area contributed by atoms with Crippen LogP contribution < -0.4 is 15.1 Å². The van der Waals surface area contributed by atoms with Gasteiger partial charge < -0.3 is 15.1 Å². The van der Waals surface area contributed by atoms with Gasteiger partial charge in [0.2, 0.25) is 5.95 Å². The van der Waals surface area contributed by atoms with Gasteiger partial charge >= 0.3 is 0 Å². The molecule has 1 fully saturated rings. The third kappa shape index (κ3) is 3.73. The molecule has 1 N–H and O–H groups in total. The lowest BCUT2D eigenvalue weighted by molar-refractivity contribution is 0.102. The summed E-state index contributed by atoms with van der Waals surface area (Å²) in [6.07, 6.45) is 7.99. The third-order valence-corrected chi connectivity index (χ3v) is 5.88. The maximum absolute atomic E-state index is 12.6. The Morgan fingerprint density at radius 2 is 1.60 bits per heavy atom. The van der Waals surface area contributed by atoms with Crippen LogP contribution in [0, 0.1) is 0 Å². The van der Waals surface area contributed by atoms with Gasteiger partial charge in [0.15, 0.2) is 0 Å². The molecule has 6 nitrogen and oxygen atoms in total. The van der Waals surface area contributed by atoms with E-state index in [1.54, 1.807) is 12.4 Å². The number of nitrogens with one attached hydrogen (secondary N) is 1. The minimum atomic E-state index is -0.200. The number of carbonyl (C=O) groups excluding carboxylic acids is 1. The standard InChI is InChI=1S/C24H25N5O/c30-23(27-20-8-10-21(11-9-20)28-13-4-1-5-14-28)19-16-25-24(26-17-19)29-15-12-18-6-2-3-7-22(18)29/h2-3,6-11,16-17H,1,4-5,12-15H2,(H,27,30). The smallest absolute Gasteiger partial charge is 0.258 e. The molecule has 0 unspecified atom stereocenters. The number of hydrogen-bond acceptors (Lipinski definition) is 5. The van der Waals surface area contributed by atoms with Gasteiger partial charge in [0.25, 0.3) is 5.91 Å². The molecule has 30 heavy (non-hydrogen) atoms. The highest BCUT2D eigenvalue weighted by atomic mass is 16.1. The highest BCUT2D eigenvalue weighted by molar-refractivity contribution is 6.04. The number of benzene rings is 2. The van der Waals surface area contributed by atoms with Gasteiger partial charge in [0, 0.05) is 49.1 Å². The van der Waals surface area contributed by atoms with Crippen molar-refractivity contribution >= 4 is 28.9 Å². The Labute approximate surface area is 176 Å². The van der Waals surface area contributed by atoms with Crippen LogP contribution in [0.4, 0.5) is 23.0 Å². The number of carbonyl (C=O) groups is 1. The molecule has 6 heteroatoms. The summed E-state index contributed by atoms with van der Waals surface area (Å²) in [5.41, 5.74) is 4.88. The molecular formula is C24H25N5O. The molecule has 5 rings (SSSR count). The Kier molecular flexibility index (Phi) is 5.05. The van der Waals surface area contributed by atoms with E-state index in [0.29, 0.717) is 11.5 Å². The van der Waals surface area contributed by atoms with Crippen LogP contribution in [0.3, 0.4) is 0 Å². The average Bonchev–Trinajstić information content (AvgIpc) is 3.24. The summed E-state index contributed by atoms with van der Waals surface area (Å²) in [5, 5.41) is 2.94. The molecule has 1 aromatic heterocycles. The Bertz CT molecular complexity index is 1030. The molecule has 2 aliphatic rings. The first-order valence-electron chi connectivity index (χ1n) is 10.6. The highest BCUT2D eigenvalue weighted by Gasteiger charge is 2.22. The number of rotatable bonds is 4. The van der Waals surface area contributed by atoms with Crippen molar-refractivity contribution in [1.29, 1.82) is 0 Å². The fraction of sp³-hybridized carbons (Fsp3) is 0.292. The Balaban J connectivity index is 1.24. The molecule has 1 amide bonds. The molecule has 0 aliphatic carbocycles. The molecule has 0 bridgehead atoms. The lowest BCUT2D eigenvalue weighted by atomic mass is 10.1. The van der Waals surface area contributed by atoms with Crippen LogP contribution >= 0.6 is 0 Å². The zero-order valence-electron chi connectivity index (χ0n) is 16.9. The number of hydrogen-bond donors (Lipinski definition) is 1. The van der Waals surface area contributed by atoms with E-state index < -0.39 is 0 Å². The van der Waals surface area contributed by atoms with Crippen molar-refractivity contribution in [3.63, 3.8) is 0 Å². The molecule has 2 aliphatic heterocycles. The van der Waals surface area contributed by atoms with Crippen LogP contribution in [0.1, 0.15) is 35.2 Å². The number of fused-ring (bicyclic) bond motifs is 1. The van der Waals surface area contributed by atoms with E-state index in [-0.39, 0.29) is 5.91 Å². The van der Waals surface area contributed by atoms with Crippen LogP contribution in [0.2, 0.25) is 0 Å². The van der Waals surface area contributed by atoms with E-state index in [4.69, 9.17) is 0 Å². The number of nitrogens with zero attached hydrogens (tertiary/aromatic N) is 4. The average molecular weight is 399 g/mol. The maximum Gasteiger partial charge on any atom is 0.258 e. The summed E-state index contributed by atoms with van der Waals surface area (Å²) in [6, 6.07) is 16.4. The summed E-state index contributed by atoms with van der Waals surface area (Å²) in [7, 11) is 0. The lowest BCUT2D eigenvalue weighted by Crippen LogP contribution is -2.29. The van der Waals surface area contributed by atoms with Crippen LogP contribution in [0.5, 0.6) is 0 Å². The predicted molar refractivity (Wildman–Crippen MR) is 120 cm³/mol. The van der Waals surface area contributed by atoms with Crippen molar-refractivity contribution in [2.75, 3.05) is 34.8 Å². The van der Waals surface area contributed by atoms with Crippen molar-refractivity contribution in [3.8, 4) is 0 Å². The van der Waals surface area contributed by atoms with Crippen molar-refractivity contribution < 1.29 is 4.79 Å². The van der Waals surface area contributed by atoms with Gasteiger partial charge in [-0.2, -0.15) is 0 Å². The zero-order chi connectivity index (χ0) is 20.3. The molecular weight excluding hydrogens is 374 g/mol. The number of piperidine rings is 1. The zero-order valence-corrected chi connectivity index (χ0v) is 16.9. The van der Waals surface area contributed by atoms with Crippen molar-refractivity contribution in [2.24, 2.45) is 0 Å². The molecule has 0 radical (unpaired) electrons. The van der Waals surface area contributed by atoms with Gasteiger partial charge in [-0.05, 0) is 61.6 Å². The summed E-state index contributed by atoms with van der Waals surface area (Å²) in [5.74, 6) is 0.427. The molecule has 3 aromatic rings. The molecule has 152 valence electrons. The first-order valence-corrected chi connectivity index (χ1v) is 10.6. The fourth-order valence-corrected chi connectivity index (χ4v) is 4.23. The van der Waals surface area contributed by atoms with E-state index >= 15 is 0 Å². The van der Waals surface area contributed by atoms with Gasteiger partial charge in [-0.25, -0.2) is 9.97 Å². The van der Waals surface area contributed by atoms with Gasteiger partial charge in [-0.15, -0.1) is 0 Å². The lowest BCUT2D eigenvalue weighted by Gasteiger charge is -2.28. The number of para-hydroxylation sites is 1. The van der Waals surface area contributed by atoms with Crippen LogP contribution in [0.25, 0.3) is 0 Å². The van der Waals surface area contributed by atoms with E-state index in [1.807, 2.05) is 18.2 Å². The van der Waals surface area contributed by atoms with Gasteiger partial charge in [0.1, 0.15) is 0 Å². The summed E-state index contributed by atoms with van der Waals surface area (Å²) in [6.45, 7) is 3.07. The second kappa shape index (κ2) is 8.14. The predicted octanol–water partition coefficient (Wildman–Crippen LogP) is 4.41. The second-order valence-corrected chi connectivity index (χ2v) is 7.85. The Morgan fingerprint density at radius 3 is 2.37 bits per heavy atom. The van der Waals surface area contributed by atoms with E-state index in [2.05, 4.69) is 55.4 Å². The van der Waals surface area contributed by atoms with E-state index in [0.717, 1.165) is 37.4 Å². The quantitative estimate of drug-likeness (QED) is 0.704. The number of anilines is 4. The SMILES string of the molecule is O=C(Nc1ccc(N2CCCCC2)cc1)c1cnc(N2CCc3ccccc32)nc1. The number of aromatic nitrogens is 2. The van der Waals surface area contributed by atoms with Crippen molar-refractivity contribution in [3.05, 3.63) is 72.1 Å². The van der Waals surface area contributed by atoms with Crippen LogP contribution in [-0.2, 0) is 6.42 Å².